The number of hydrogen-bond donors (Lipinski definition) is 1. The largest absolute Gasteiger partial charge is 0.355 e. The second-order valence-electron chi connectivity index (χ2n) is 6.00. The number of amides is 1. The molecule has 1 amide bonds. The van der Waals surface area contributed by atoms with E-state index in [9.17, 15) is 9.18 Å². The molecule has 0 saturated carbocycles. The fourth-order valence-corrected chi connectivity index (χ4v) is 4.12. The third-order valence-corrected chi connectivity index (χ3v) is 5.41. The maximum Gasteiger partial charge on any atom is 0.230 e. The van der Waals surface area contributed by atoms with E-state index in [1.54, 1.807) is 12.1 Å². The smallest absolute Gasteiger partial charge is 0.230 e. The summed E-state index contributed by atoms with van der Waals surface area (Å²) in [6, 6.07) is 6.37. The van der Waals surface area contributed by atoms with Crippen molar-refractivity contribution in [2.45, 2.75) is 18.9 Å². The normalized spacial score (nSPS) is 11.2. The van der Waals surface area contributed by atoms with Crippen molar-refractivity contribution in [2.24, 2.45) is 5.92 Å². The van der Waals surface area contributed by atoms with Gasteiger partial charge in [-0.2, -0.15) is 0 Å². The summed E-state index contributed by atoms with van der Waals surface area (Å²) in [6.07, 6.45) is 1.52. The molecule has 0 aliphatic rings. The average molecular weight is 375 g/mol. The number of thiophene rings is 1. The summed E-state index contributed by atoms with van der Waals surface area (Å²) < 4.78 is 13.2. The van der Waals surface area contributed by atoms with E-state index in [0.29, 0.717) is 18.2 Å². The molecule has 0 spiro atoms. The van der Waals surface area contributed by atoms with E-state index >= 15 is 0 Å². The molecule has 0 bridgehead atoms. The number of thioether (sulfide) groups is 1. The van der Waals surface area contributed by atoms with Crippen LogP contribution < -0.4 is 5.32 Å². The third-order valence-electron chi connectivity index (χ3n) is 3.54. The molecule has 0 radical (unpaired) electrons. The lowest BCUT2D eigenvalue weighted by molar-refractivity contribution is -0.118. The molecule has 130 valence electrons. The Balaban J connectivity index is 1.85. The Morgan fingerprint density at radius 2 is 2.04 bits per heavy atom. The maximum atomic E-state index is 13.2. The summed E-state index contributed by atoms with van der Waals surface area (Å²) in [5, 5.41) is 6.59. The van der Waals surface area contributed by atoms with E-state index in [1.807, 2.05) is 5.38 Å². The molecule has 3 rings (SSSR count). The molecular formula is C18H18FN3OS2. The van der Waals surface area contributed by atoms with Gasteiger partial charge < -0.3 is 5.32 Å². The Hall–Kier alpha value is -1.99. The third kappa shape index (κ3) is 4.35. The zero-order valence-corrected chi connectivity index (χ0v) is 15.6. The predicted molar refractivity (Wildman–Crippen MR) is 101 cm³/mol. The summed E-state index contributed by atoms with van der Waals surface area (Å²) in [6.45, 7) is 4.78. The number of nitrogens with one attached hydrogen (secondary N) is 1. The van der Waals surface area contributed by atoms with E-state index in [4.69, 9.17) is 0 Å². The standard InChI is InChI=1S/C18H18FN3OS2/c1-11(2)7-20-15(23)9-25-18-16-14(8-24-17(16)21-10-22-18)12-3-5-13(19)6-4-12/h3-6,8,10-11H,7,9H2,1-2H3,(H,20,23). The van der Waals surface area contributed by atoms with Gasteiger partial charge in [0.2, 0.25) is 5.91 Å². The summed E-state index contributed by atoms with van der Waals surface area (Å²) >= 11 is 2.91. The number of rotatable bonds is 6. The molecule has 0 saturated heterocycles. The van der Waals surface area contributed by atoms with Gasteiger partial charge in [0.25, 0.3) is 0 Å². The van der Waals surface area contributed by atoms with Gasteiger partial charge in [-0.3, -0.25) is 4.79 Å². The van der Waals surface area contributed by atoms with Crippen LogP contribution in [-0.4, -0.2) is 28.2 Å². The Morgan fingerprint density at radius 1 is 1.28 bits per heavy atom. The Bertz CT molecular complexity index is 878. The SMILES string of the molecule is CC(C)CNC(=O)CSc1ncnc2scc(-c3ccc(F)cc3)c12. The highest BCUT2D eigenvalue weighted by Gasteiger charge is 2.15. The van der Waals surface area contributed by atoms with Crippen LogP contribution in [-0.2, 0) is 4.79 Å². The number of aromatic nitrogens is 2. The molecule has 0 unspecified atom stereocenters. The molecule has 4 nitrogen and oxygen atoms in total. The van der Waals surface area contributed by atoms with Crippen LogP contribution >= 0.6 is 23.1 Å². The van der Waals surface area contributed by atoms with E-state index in [0.717, 1.165) is 26.4 Å². The van der Waals surface area contributed by atoms with Crippen LogP contribution in [0.15, 0.2) is 41.0 Å². The van der Waals surface area contributed by atoms with Gasteiger partial charge in [-0.25, -0.2) is 14.4 Å². The van der Waals surface area contributed by atoms with Crippen LogP contribution in [0.1, 0.15) is 13.8 Å². The lowest BCUT2D eigenvalue weighted by Gasteiger charge is -2.08. The minimum absolute atomic E-state index is 0.0102. The number of halogens is 1. The highest BCUT2D eigenvalue weighted by Crippen LogP contribution is 2.37. The van der Waals surface area contributed by atoms with Gasteiger partial charge in [0, 0.05) is 17.5 Å². The first kappa shape index (κ1) is 17.8. The molecular weight excluding hydrogens is 357 g/mol. The van der Waals surface area contributed by atoms with Crippen molar-refractivity contribution in [2.75, 3.05) is 12.3 Å². The quantitative estimate of drug-likeness (QED) is 0.514. The number of fused-ring (bicyclic) bond motifs is 1. The van der Waals surface area contributed by atoms with E-state index in [-0.39, 0.29) is 11.7 Å². The maximum absolute atomic E-state index is 13.2. The molecule has 0 fully saturated rings. The first-order valence-electron chi connectivity index (χ1n) is 7.92. The van der Waals surface area contributed by atoms with Gasteiger partial charge in [-0.15, -0.1) is 11.3 Å². The monoisotopic (exact) mass is 375 g/mol. The molecule has 3 aromatic rings. The fraction of sp³-hybridized carbons (Fsp3) is 0.278. The van der Waals surface area contributed by atoms with Gasteiger partial charge in [0.05, 0.1) is 11.1 Å². The van der Waals surface area contributed by atoms with Crippen LogP contribution in [0.2, 0.25) is 0 Å². The molecule has 1 N–H and O–H groups in total. The predicted octanol–water partition coefficient (Wildman–Crippen LogP) is 4.36. The Kier molecular flexibility index (Phi) is 5.65. The van der Waals surface area contributed by atoms with Gasteiger partial charge in [-0.05, 0) is 23.6 Å². The lowest BCUT2D eigenvalue weighted by Crippen LogP contribution is -2.28. The number of carbonyl (C=O) groups is 1. The summed E-state index contributed by atoms with van der Waals surface area (Å²) in [5.41, 5.74) is 1.87. The van der Waals surface area contributed by atoms with Crippen LogP contribution in [0.25, 0.3) is 21.3 Å². The van der Waals surface area contributed by atoms with Crippen molar-refractivity contribution < 1.29 is 9.18 Å². The highest BCUT2D eigenvalue weighted by molar-refractivity contribution is 8.00. The van der Waals surface area contributed by atoms with Gasteiger partial charge in [0.15, 0.2) is 0 Å². The number of hydrogen-bond acceptors (Lipinski definition) is 5. The molecule has 0 aliphatic carbocycles. The van der Waals surface area contributed by atoms with Crippen molar-refractivity contribution in [3.63, 3.8) is 0 Å². The van der Waals surface area contributed by atoms with E-state index < -0.39 is 0 Å². The van der Waals surface area contributed by atoms with Crippen LogP contribution in [0.4, 0.5) is 4.39 Å². The van der Waals surface area contributed by atoms with Crippen molar-refractivity contribution in [1.29, 1.82) is 0 Å². The van der Waals surface area contributed by atoms with Gasteiger partial charge in [-0.1, -0.05) is 37.7 Å². The number of carbonyl (C=O) groups excluding carboxylic acids is 1. The van der Waals surface area contributed by atoms with Crippen LogP contribution in [0.5, 0.6) is 0 Å². The zero-order chi connectivity index (χ0) is 17.8. The second kappa shape index (κ2) is 7.93. The summed E-state index contributed by atoms with van der Waals surface area (Å²) in [5.74, 6) is 0.444. The van der Waals surface area contributed by atoms with Crippen LogP contribution in [0.3, 0.4) is 0 Å². The second-order valence-corrected chi connectivity index (χ2v) is 7.82. The Morgan fingerprint density at radius 3 is 2.76 bits per heavy atom. The van der Waals surface area contributed by atoms with Gasteiger partial charge >= 0.3 is 0 Å². The highest BCUT2D eigenvalue weighted by atomic mass is 32.2. The first-order valence-corrected chi connectivity index (χ1v) is 9.78. The van der Waals surface area contributed by atoms with Crippen molar-refractivity contribution in [3.8, 4) is 11.1 Å². The molecule has 0 aliphatic heterocycles. The van der Waals surface area contributed by atoms with Crippen molar-refractivity contribution >= 4 is 39.2 Å². The van der Waals surface area contributed by atoms with E-state index in [2.05, 4.69) is 29.1 Å². The molecule has 1 aromatic carbocycles. The van der Waals surface area contributed by atoms with Gasteiger partial charge in [0.1, 0.15) is 22.0 Å². The first-order chi connectivity index (χ1) is 12.0. The minimum atomic E-state index is -0.268. The average Bonchev–Trinajstić information content (AvgIpc) is 3.03. The molecule has 0 atom stereocenters. The number of benzene rings is 1. The summed E-state index contributed by atoms with van der Waals surface area (Å²) in [4.78, 5) is 21.5. The topological polar surface area (TPSA) is 54.9 Å². The molecule has 25 heavy (non-hydrogen) atoms. The molecule has 2 aromatic heterocycles. The zero-order valence-electron chi connectivity index (χ0n) is 14.0. The van der Waals surface area contributed by atoms with E-state index in [1.165, 1.54) is 41.6 Å². The summed E-state index contributed by atoms with van der Waals surface area (Å²) in [7, 11) is 0. The number of nitrogens with zero attached hydrogens (tertiary/aromatic N) is 2. The fourth-order valence-electron chi connectivity index (χ4n) is 2.30. The molecule has 2 heterocycles. The lowest BCUT2D eigenvalue weighted by atomic mass is 10.1. The minimum Gasteiger partial charge on any atom is -0.355 e. The van der Waals surface area contributed by atoms with Crippen molar-refractivity contribution in [3.05, 3.63) is 41.8 Å². The molecule has 7 heteroatoms. The van der Waals surface area contributed by atoms with Crippen LogP contribution in [0, 0.1) is 11.7 Å². The van der Waals surface area contributed by atoms with Crippen molar-refractivity contribution in [1.82, 2.24) is 15.3 Å². The Labute approximate surface area is 153 Å².